The Bertz CT molecular complexity index is 930. The molecule has 0 spiro atoms. The molecule has 30 heavy (non-hydrogen) atoms. The van der Waals surface area contributed by atoms with E-state index in [9.17, 15) is 9.90 Å². The molecule has 1 fully saturated rings. The number of hydrogen-bond donors (Lipinski definition) is 2. The highest BCUT2D eigenvalue weighted by Gasteiger charge is 2.48. The maximum atomic E-state index is 13.1. The van der Waals surface area contributed by atoms with Crippen molar-refractivity contribution < 1.29 is 9.90 Å². The van der Waals surface area contributed by atoms with Crippen molar-refractivity contribution in [1.29, 1.82) is 0 Å². The fraction of sp³-hybridized carbons (Fsp3) is 0.560. The Morgan fingerprint density at radius 2 is 2.07 bits per heavy atom. The maximum Gasteiger partial charge on any atom is 0.270 e. The van der Waals surface area contributed by atoms with Gasteiger partial charge in [-0.05, 0) is 87.9 Å². The van der Waals surface area contributed by atoms with Crippen molar-refractivity contribution in [3.8, 4) is 5.75 Å². The average Bonchev–Trinajstić information content (AvgIpc) is 3.07. The van der Waals surface area contributed by atoms with Crippen molar-refractivity contribution in [3.05, 3.63) is 52.3 Å². The molecule has 1 aromatic heterocycles. The molecule has 0 saturated carbocycles. The van der Waals surface area contributed by atoms with Crippen LogP contribution in [0.3, 0.4) is 0 Å². The van der Waals surface area contributed by atoms with E-state index in [1.54, 1.807) is 6.07 Å². The molecule has 2 unspecified atom stereocenters. The van der Waals surface area contributed by atoms with Gasteiger partial charge in [0.2, 0.25) is 0 Å². The summed E-state index contributed by atoms with van der Waals surface area (Å²) in [5.74, 6) is 0.923. The number of carbonyl (C=O) groups excluding carboxylic acids is 1. The molecule has 1 aliphatic heterocycles. The number of phenolic OH excluding ortho intramolecular Hbond substituents is 1. The third kappa shape index (κ3) is 3.33. The number of carbonyl (C=O) groups is 1. The van der Waals surface area contributed by atoms with Crippen LogP contribution in [0.2, 0.25) is 0 Å². The number of phenols is 1. The molecule has 0 radical (unpaired) electrons. The Kier molecular flexibility index (Phi) is 5.67. The molecule has 2 aromatic rings. The summed E-state index contributed by atoms with van der Waals surface area (Å²) in [6, 6.07) is 7.85. The number of rotatable bonds is 5. The van der Waals surface area contributed by atoms with Crippen molar-refractivity contribution in [3.63, 3.8) is 0 Å². The second-order valence-electron chi connectivity index (χ2n) is 8.99. The van der Waals surface area contributed by atoms with Crippen molar-refractivity contribution in [2.45, 2.75) is 52.4 Å². The lowest BCUT2D eigenvalue weighted by Crippen LogP contribution is -2.53. The van der Waals surface area contributed by atoms with Gasteiger partial charge in [0, 0.05) is 30.7 Å². The highest BCUT2D eigenvalue weighted by molar-refractivity contribution is 5.94. The van der Waals surface area contributed by atoms with Crippen molar-refractivity contribution >= 4 is 5.91 Å². The topological polar surface area (TPSA) is 59.6 Å². The van der Waals surface area contributed by atoms with Gasteiger partial charge in [-0.25, -0.2) is 0 Å². The molecule has 2 aliphatic rings. The second kappa shape index (κ2) is 8.10. The van der Waals surface area contributed by atoms with E-state index < -0.39 is 0 Å². The fourth-order valence-corrected chi connectivity index (χ4v) is 5.79. The summed E-state index contributed by atoms with van der Waals surface area (Å²) < 4.78 is 0. The number of nitrogens with one attached hydrogen (secondary N) is 1. The number of piperidine rings is 1. The molecule has 5 nitrogen and oxygen atoms in total. The smallest absolute Gasteiger partial charge is 0.270 e. The van der Waals surface area contributed by atoms with Gasteiger partial charge in [0.1, 0.15) is 11.4 Å². The van der Waals surface area contributed by atoms with E-state index in [4.69, 9.17) is 0 Å². The van der Waals surface area contributed by atoms with Crippen LogP contribution in [0.4, 0.5) is 0 Å². The minimum atomic E-state index is 0.00419. The van der Waals surface area contributed by atoms with E-state index in [1.807, 2.05) is 30.9 Å². The van der Waals surface area contributed by atoms with Gasteiger partial charge in [0.05, 0.1) is 0 Å². The third-order valence-electron chi connectivity index (χ3n) is 7.68. The van der Waals surface area contributed by atoms with Crippen LogP contribution in [-0.2, 0) is 18.3 Å². The lowest BCUT2D eigenvalue weighted by molar-refractivity contribution is 0.0766. The molecule has 4 rings (SSSR count). The van der Waals surface area contributed by atoms with E-state index in [0.29, 0.717) is 11.7 Å². The number of fused-ring (bicyclic) bond motifs is 2. The van der Waals surface area contributed by atoms with Crippen molar-refractivity contribution in [1.82, 2.24) is 14.8 Å². The van der Waals surface area contributed by atoms with Crippen LogP contribution in [0.1, 0.15) is 60.1 Å². The molecule has 5 heteroatoms. The summed E-state index contributed by atoms with van der Waals surface area (Å²) in [6.45, 7) is 13.1. The van der Waals surface area contributed by atoms with Gasteiger partial charge >= 0.3 is 0 Å². The van der Waals surface area contributed by atoms with Gasteiger partial charge in [0.25, 0.3) is 5.91 Å². The van der Waals surface area contributed by atoms with Gasteiger partial charge in [-0.1, -0.05) is 19.1 Å². The first-order valence-electron chi connectivity index (χ1n) is 11.4. The van der Waals surface area contributed by atoms with Gasteiger partial charge in [-0.15, -0.1) is 0 Å². The van der Waals surface area contributed by atoms with Gasteiger partial charge in [-0.2, -0.15) is 0 Å². The lowest BCUT2D eigenvalue weighted by Gasteiger charge is -2.51. The summed E-state index contributed by atoms with van der Waals surface area (Å²) >= 11 is 0. The monoisotopic (exact) mass is 409 g/mol. The Hall–Kier alpha value is -2.27. The number of amides is 1. The van der Waals surface area contributed by atoms with Crippen LogP contribution in [0.5, 0.6) is 5.75 Å². The van der Waals surface area contributed by atoms with Crippen LogP contribution in [0.25, 0.3) is 0 Å². The van der Waals surface area contributed by atoms with Crippen LogP contribution in [0, 0.1) is 12.8 Å². The zero-order chi connectivity index (χ0) is 21.5. The first-order valence-corrected chi connectivity index (χ1v) is 11.4. The zero-order valence-electron chi connectivity index (χ0n) is 18.8. The molecule has 2 heterocycles. The molecule has 1 aromatic carbocycles. The number of benzene rings is 1. The highest BCUT2D eigenvalue weighted by atomic mass is 16.3. The summed E-state index contributed by atoms with van der Waals surface area (Å²) in [6.07, 6.45) is 2.96. The number of H-pyrrole nitrogens is 1. The van der Waals surface area contributed by atoms with Gasteiger partial charge in [0.15, 0.2) is 0 Å². The van der Waals surface area contributed by atoms with Crippen LogP contribution >= 0.6 is 0 Å². The number of aromatic amines is 1. The summed E-state index contributed by atoms with van der Waals surface area (Å²) in [5.41, 5.74) is 5.68. The third-order valence-corrected chi connectivity index (χ3v) is 7.68. The predicted octanol–water partition coefficient (Wildman–Crippen LogP) is 3.89. The Balaban J connectivity index is 1.77. The molecular formula is C25H35N3O2. The Labute approximate surface area is 180 Å². The summed E-state index contributed by atoms with van der Waals surface area (Å²) in [5, 5.41) is 10.2. The second-order valence-corrected chi connectivity index (χ2v) is 8.99. The highest BCUT2D eigenvalue weighted by Crippen LogP contribution is 2.49. The van der Waals surface area contributed by atoms with Crippen LogP contribution in [-0.4, -0.2) is 58.5 Å². The minimum absolute atomic E-state index is 0.00419. The quantitative estimate of drug-likeness (QED) is 0.788. The number of nitrogens with zero attached hydrogens (tertiary/aromatic N) is 2. The lowest BCUT2D eigenvalue weighted by atomic mass is 9.58. The molecule has 2 atom stereocenters. The molecule has 1 aliphatic carbocycles. The molecule has 2 N–H and O–H groups in total. The standard InChI is InChI=1S/C25H35N3O2/c1-5-27-12-11-25(18-9-8-10-20(29)13-18)15-22-21(14-19(25)16-27)17(4)23(26-22)24(30)28(6-2)7-3/h8-10,13,19,26,29H,5-7,11-12,14-16H2,1-4H3. The van der Waals surface area contributed by atoms with Gasteiger partial charge < -0.3 is 19.9 Å². The van der Waals surface area contributed by atoms with Crippen molar-refractivity contribution in [2.24, 2.45) is 5.92 Å². The summed E-state index contributed by atoms with van der Waals surface area (Å²) in [4.78, 5) is 21.1. The van der Waals surface area contributed by atoms with E-state index in [0.717, 1.165) is 63.2 Å². The normalized spacial score (nSPS) is 23.7. The number of aromatic hydroxyl groups is 1. The minimum Gasteiger partial charge on any atom is -0.508 e. The first kappa shape index (κ1) is 21.0. The largest absolute Gasteiger partial charge is 0.508 e. The van der Waals surface area contributed by atoms with E-state index in [2.05, 4.69) is 29.8 Å². The molecule has 1 amide bonds. The van der Waals surface area contributed by atoms with Crippen LogP contribution in [0.15, 0.2) is 24.3 Å². The van der Waals surface area contributed by atoms with Crippen LogP contribution < -0.4 is 0 Å². The SMILES string of the molecule is CCN1CCC2(c3cccc(O)c3)Cc3[nH]c(C(=O)N(CC)CC)c(C)c3CC2C1. The Morgan fingerprint density at radius 3 is 2.73 bits per heavy atom. The van der Waals surface area contributed by atoms with E-state index >= 15 is 0 Å². The van der Waals surface area contributed by atoms with E-state index in [-0.39, 0.29) is 11.3 Å². The zero-order valence-corrected chi connectivity index (χ0v) is 18.8. The number of hydrogen-bond acceptors (Lipinski definition) is 3. The Morgan fingerprint density at radius 1 is 1.30 bits per heavy atom. The molecule has 162 valence electrons. The van der Waals surface area contributed by atoms with E-state index in [1.165, 1.54) is 16.8 Å². The first-order chi connectivity index (χ1) is 14.4. The maximum absolute atomic E-state index is 13.1. The molecule has 0 bridgehead atoms. The number of likely N-dealkylation sites (tertiary alicyclic amines) is 1. The molecule has 1 saturated heterocycles. The number of aromatic nitrogens is 1. The fourth-order valence-electron chi connectivity index (χ4n) is 5.79. The average molecular weight is 410 g/mol. The van der Waals surface area contributed by atoms with Crippen molar-refractivity contribution in [2.75, 3.05) is 32.7 Å². The summed E-state index contributed by atoms with van der Waals surface area (Å²) in [7, 11) is 0. The van der Waals surface area contributed by atoms with Gasteiger partial charge in [-0.3, -0.25) is 4.79 Å². The molecular weight excluding hydrogens is 374 g/mol. The predicted molar refractivity (Wildman–Crippen MR) is 120 cm³/mol.